The average molecular weight is 486 g/mol. The van der Waals surface area contributed by atoms with Crippen molar-refractivity contribution in [3.8, 4) is 0 Å². The molecule has 2 aromatic rings. The van der Waals surface area contributed by atoms with Gasteiger partial charge in [-0.2, -0.15) is 4.31 Å². The normalized spacial score (nSPS) is 14.9. The van der Waals surface area contributed by atoms with Crippen molar-refractivity contribution in [1.29, 1.82) is 0 Å². The zero-order valence-corrected chi connectivity index (χ0v) is 19.6. The summed E-state index contributed by atoms with van der Waals surface area (Å²) < 4.78 is 36.8. The number of nitrogens with one attached hydrogen (secondary N) is 1. The highest BCUT2D eigenvalue weighted by Gasteiger charge is 2.26. The maximum absolute atomic E-state index is 12.6. The number of carbonyl (C=O) groups is 2. The van der Waals surface area contributed by atoms with Crippen molar-refractivity contribution in [2.45, 2.75) is 23.8 Å². The van der Waals surface area contributed by atoms with E-state index in [9.17, 15) is 18.0 Å². The number of carbonyl (C=O) groups excluding carboxylic acids is 2. The van der Waals surface area contributed by atoms with E-state index in [4.69, 9.17) is 9.47 Å². The molecule has 1 amide bonds. The summed E-state index contributed by atoms with van der Waals surface area (Å²) in [7, 11) is -3.60. The first kappa shape index (κ1) is 23.7. The van der Waals surface area contributed by atoms with Crippen LogP contribution in [0, 0.1) is 6.92 Å². The molecule has 0 bridgehead atoms. The Morgan fingerprint density at radius 3 is 2.71 bits per heavy atom. The number of thiophene rings is 1. The van der Waals surface area contributed by atoms with E-state index in [1.54, 1.807) is 26.0 Å². The first-order chi connectivity index (χ1) is 14.8. The molecule has 0 radical (unpaired) electrons. The minimum absolute atomic E-state index is 0.0915. The molecular formula is C19H23N3O6S3. The predicted octanol–water partition coefficient (Wildman–Crippen LogP) is 2.38. The SMILES string of the molecule is CCOC(=O)c1sc(NC(=O)CSc2ccc(S(=O)(=O)N3CCOCC3)cn2)cc1C. The van der Waals surface area contributed by atoms with Gasteiger partial charge >= 0.3 is 5.97 Å². The topological polar surface area (TPSA) is 115 Å². The van der Waals surface area contributed by atoms with Gasteiger partial charge in [-0.15, -0.1) is 11.3 Å². The number of esters is 1. The molecule has 1 aliphatic heterocycles. The second-order valence-corrected chi connectivity index (χ2v) is 10.5. The summed E-state index contributed by atoms with van der Waals surface area (Å²) in [4.78, 5) is 28.9. The van der Waals surface area contributed by atoms with Crippen molar-refractivity contribution in [2.75, 3.05) is 44.0 Å². The highest BCUT2D eigenvalue weighted by atomic mass is 32.2. The number of anilines is 1. The summed E-state index contributed by atoms with van der Waals surface area (Å²) in [5.41, 5.74) is 0.741. The van der Waals surface area contributed by atoms with Crippen LogP contribution in [0.3, 0.4) is 0 Å². The summed E-state index contributed by atoms with van der Waals surface area (Å²) in [6.07, 6.45) is 1.30. The van der Waals surface area contributed by atoms with Crippen LogP contribution in [0.15, 0.2) is 34.3 Å². The number of aryl methyl sites for hydroxylation is 1. The Labute approximate surface area is 189 Å². The van der Waals surface area contributed by atoms with Crippen molar-refractivity contribution in [1.82, 2.24) is 9.29 Å². The predicted molar refractivity (Wildman–Crippen MR) is 118 cm³/mol. The van der Waals surface area contributed by atoms with Crippen molar-refractivity contribution in [3.63, 3.8) is 0 Å². The molecule has 9 nitrogen and oxygen atoms in total. The number of sulfonamides is 1. The molecule has 3 rings (SSSR count). The van der Waals surface area contributed by atoms with Crippen LogP contribution in [-0.2, 0) is 24.3 Å². The maximum atomic E-state index is 12.6. The van der Waals surface area contributed by atoms with Crippen molar-refractivity contribution in [3.05, 3.63) is 34.8 Å². The van der Waals surface area contributed by atoms with E-state index in [2.05, 4.69) is 10.3 Å². The zero-order valence-electron chi connectivity index (χ0n) is 17.1. The number of hydrogen-bond donors (Lipinski definition) is 1. The van der Waals surface area contributed by atoms with E-state index < -0.39 is 16.0 Å². The highest BCUT2D eigenvalue weighted by Crippen LogP contribution is 2.28. The second-order valence-electron chi connectivity index (χ2n) is 6.53. The van der Waals surface area contributed by atoms with Crippen molar-refractivity contribution >= 4 is 50.0 Å². The quantitative estimate of drug-likeness (QED) is 0.448. The van der Waals surface area contributed by atoms with Crippen LogP contribution in [0.4, 0.5) is 5.00 Å². The van der Waals surface area contributed by atoms with Gasteiger partial charge in [0.1, 0.15) is 9.77 Å². The minimum atomic E-state index is -3.60. The van der Waals surface area contributed by atoms with Gasteiger partial charge in [0.05, 0.1) is 35.6 Å². The summed E-state index contributed by atoms with van der Waals surface area (Å²) in [5.74, 6) is -0.571. The van der Waals surface area contributed by atoms with Crippen LogP contribution in [0.5, 0.6) is 0 Å². The van der Waals surface area contributed by atoms with Gasteiger partial charge in [0, 0.05) is 19.3 Å². The van der Waals surface area contributed by atoms with E-state index in [0.717, 1.165) is 16.9 Å². The van der Waals surface area contributed by atoms with Crippen LogP contribution < -0.4 is 5.32 Å². The van der Waals surface area contributed by atoms with Crippen LogP contribution >= 0.6 is 23.1 Å². The van der Waals surface area contributed by atoms with E-state index in [1.807, 2.05) is 0 Å². The number of pyridine rings is 1. The lowest BCUT2D eigenvalue weighted by Crippen LogP contribution is -2.40. The molecular weight excluding hydrogens is 462 g/mol. The standard InChI is InChI=1S/C19H23N3O6S3/c1-3-28-19(24)18-13(2)10-17(30-18)21-15(23)12-29-16-5-4-14(11-20-16)31(25,26)22-6-8-27-9-7-22/h4-5,10-11H,3,6-9,12H2,1-2H3,(H,21,23). The molecule has 0 aliphatic carbocycles. The first-order valence-corrected chi connectivity index (χ1v) is 12.8. The number of thioether (sulfide) groups is 1. The fraction of sp³-hybridized carbons (Fsp3) is 0.421. The number of rotatable bonds is 8. The van der Waals surface area contributed by atoms with Gasteiger partial charge in [-0.3, -0.25) is 4.79 Å². The third-order valence-electron chi connectivity index (χ3n) is 4.31. The molecule has 31 heavy (non-hydrogen) atoms. The summed E-state index contributed by atoms with van der Waals surface area (Å²) >= 11 is 2.35. The molecule has 12 heteroatoms. The summed E-state index contributed by atoms with van der Waals surface area (Å²) in [6, 6.07) is 4.80. The van der Waals surface area contributed by atoms with Gasteiger partial charge in [-0.05, 0) is 37.6 Å². The largest absolute Gasteiger partial charge is 0.462 e. The fourth-order valence-corrected chi connectivity index (χ4v) is 5.78. The smallest absolute Gasteiger partial charge is 0.348 e. The molecule has 0 saturated carbocycles. The molecule has 0 spiro atoms. The van der Waals surface area contributed by atoms with Gasteiger partial charge in [0.2, 0.25) is 15.9 Å². The maximum Gasteiger partial charge on any atom is 0.348 e. The van der Waals surface area contributed by atoms with Crippen molar-refractivity contribution in [2.24, 2.45) is 0 Å². The molecule has 0 atom stereocenters. The number of hydrogen-bond acceptors (Lipinski definition) is 9. The molecule has 1 fully saturated rings. The van der Waals surface area contributed by atoms with E-state index >= 15 is 0 Å². The Morgan fingerprint density at radius 2 is 2.06 bits per heavy atom. The number of aromatic nitrogens is 1. The van der Waals surface area contributed by atoms with Gasteiger partial charge in [0.15, 0.2) is 0 Å². The van der Waals surface area contributed by atoms with Crippen LogP contribution in [-0.4, -0.2) is 68.2 Å². The van der Waals surface area contributed by atoms with Gasteiger partial charge in [-0.1, -0.05) is 11.8 Å². The second kappa shape index (κ2) is 10.6. The molecule has 2 aromatic heterocycles. The van der Waals surface area contributed by atoms with Gasteiger partial charge in [-0.25, -0.2) is 18.2 Å². The van der Waals surface area contributed by atoms with Gasteiger partial charge in [0.25, 0.3) is 0 Å². The Balaban J connectivity index is 1.55. The van der Waals surface area contributed by atoms with E-state index in [1.165, 1.54) is 28.3 Å². The van der Waals surface area contributed by atoms with Crippen LogP contribution in [0.1, 0.15) is 22.2 Å². The zero-order chi connectivity index (χ0) is 22.4. The highest BCUT2D eigenvalue weighted by molar-refractivity contribution is 7.99. The van der Waals surface area contributed by atoms with Crippen LogP contribution in [0.2, 0.25) is 0 Å². The molecule has 0 unspecified atom stereocenters. The third kappa shape index (κ3) is 6.04. The lowest BCUT2D eigenvalue weighted by molar-refractivity contribution is -0.113. The van der Waals surface area contributed by atoms with E-state index in [0.29, 0.717) is 41.2 Å². The Kier molecular flexibility index (Phi) is 8.06. The Bertz CT molecular complexity index is 1030. The van der Waals surface area contributed by atoms with Crippen LogP contribution in [0.25, 0.3) is 0 Å². The monoisotopic (exact) mass is 485 g/mol. The molecule has 168 valence electrons. The third-order valence-corrected chi connectivity index (χ3v) is 8.27. The number of amides is 1. The van der Waals surface area contributed by atoms with E-state index in [-0.39, 0.29) is 23.2 Å². The summed E-state index contributed by atoms with van der Waals surface area (Å²) in [5, 5.41) is 3.85. The molecule has 1 aliphatic rings. The lowest BCUT2D eigenvalue weighted by Gasteiger charge is -2.25. The average Bonchev–Trinajstić information content (AvgIpc) is 3.13. The molecule has 1 N–H and O–H groups in total. The van der Waals surface area contributed by atoms with Gasteiger partial charge < -0.3 is 14.8 Å². The Hall–Kier alpha value is -1.99. The number of ether oxygens (including phenoxy) is 2. The van der Waals surface area contributed by atoms with Crippen molar-refractivity contribution < 1.29 is 27.5 Å². The first-order valence-electron chi connectivity index (χ1n) is 9.55. The molecule has 0 aromatic carbocycles. The summed E-state index contributed by atoms with van der Waals surface area (Å²) in [6.45, 7) is 5.19. The minimum Gasteiger partial charge on any atom is -0.462 e. The number of morpholine rings is 1. The molecule has 1 saturated heterocycles. The Morgan fingerprint density at radius 1 is 1.32 bits per heavy atom. The number of nitrogens with zero attached hydrogens (tertiary/aromatic N) is 2. The fourth-order valence-electron chi connectivity index (χ4n) is 2.80. The lowest BCUT2D eigenvalue weighted by atomic mass is 10.3. The molecule has 3 heterocycles.